The van der Waals surface area contributed by atoms with Gasteiger partial charge >= 0.3 is 0 Å². The monoisotopic (exact) mass is 197 g/mol. The lowest BCUT2D eigenvalue weighted by Gasteiger charge is -2.28. The van der Waals surface area contributed by atoms with E-state index in [0.717, 1.165) is 5.57 Å². The molecule has 0 radical (unpaired) electrons. The van der Waals surface area contributed by atoms with Gasteiger partial charge in [0.2, 0.25) is 0 Å². The van der Waals surface area contributed by atoms with Crippen LogP contribution in [0.5, 0.6) is 0 Å². The molecule has 0 saturated carbocycles. The van der Waals surface area contributed by atoms with E-state index >= 15 is 0 Å². The third-order valence-corrected chi connectivity index (χ3v) is 2.34. The first-order valence-electron chi connectivity index (χ1n) is 4.46. The van der Waals surface area contributed by atoms with Crippen LogP contribution in [-0.2, 0) is 4.43 Å². The Morgan fingerprint density at radius 2 is 1.85 bits per heavy atom. The fourth-order valence-electron chi connectivity index (χ4n) is 1.27. The van der Waals surface area contributed by atoms with E-state index in [0.29, 0.717) is 0 Å². The number of hydrogen-bond donors (Lipinski definition) is 0. The molecule has 74 valence electrons. The Kier molecular flexibility index (Phi) is 3.89. The van der Waals surface area contributed by atoms with Crippen molar-refractivity contribution in [2.45, 2.75) is 46.0 Å². The van der Waals surface area contributed by atoms with Crippen LogP contribution in [0.4, 0.5) is 0 Å². The minimum atomic E-state index is -1.65. The summed E-state index contributed by atoms with van der Waals surface area (Å²) in [6.07, 6.45) is 1.88. The van der Waals surface area contributed by atoms with Crippen LogP contribution in [0.1, 0.15) is 20.8 Å². The summed E-state index contributed by atoms with van der Waals surface area (Å²) in [5.74, 6) is 0. The molecule has 0 saturated heterocycles. The van der Waals surface area contributed by atoms with Crippen molar-refractivity contribution in [2.75, 3.05) is 0 Å². The average Bonchev–Trinajstić information content (AvgIpc) is 1.81. The van der Waals surface area contributed by atoms with Crippen LogP contribution in [0.2, 0.25) is 19.6 Å². The third-order valence-electron chi connectivity index (χ3n) is 1.30. The molecular weight excluding hydrogens is 178 g/mol. The van der Waals surface area contributed by atoms with Crippen molar-refractivity contribution >= 4 is 8.32 Å². The Morgan fingerprint density at radius 3 is 2.08 bits per heavy atom. The van der Waals surface area contributed by atoms with E-state index in [1.807, 2.05) is 26.8 Å². The molecule has 2 nitrogen and oxygen atoms in total. The van der Waals surface area contributed by atoms with Crippen molar-refractivity contribution in [3.8, 4) is 6.07 Å². The van der Waals surface area contributed by atoms with Crippen LogP contribution >= 0.6 is 0 Å². The summed E-state index contributed by atoms with van der Waals surface area (Å²) in [5.41, 5.74) is 0.367. The maximum Gasteiger partial charge on any atom is 0.186 e. The van der Waals surface area contributed by atoms with Crippen LogP contribution in [0.15, 0.2) is 11.6 Å². The van der Waals surface area contributed by atoms with Gasteiger partial charge in [0.15, 0.2) is 13.9 Å². The lowest BCUT2D eigenvalue weighted by molar-refractivity contribution is 0.191. The molecule has 0 N–H and O–H groups in total. The zero-order chi connectivity index (χ0) is 10.7. The molecule has 0 aliphatic carbocycles. The summed E-state index contributed by atoms with van der Waals surface area (Å²) in [5, 5.41) is 9.00. The average molecular weight is 197 g/mol. The molecule has 13 heavy (non-hydrogen) atoms. The van der Waals surface area contributed by atoms with Crippen LogP contribution in [0.25, 0.3) is 0 Å². The van der Waals surface area contributed by atoms with E-state index in [1.54, 1.807) is 0 Å². The highest BCUT2D eigenvalue weighted by atomic mass is 28.4. The smallest absolute Gasteiger partial charge is 0.186 e. The molecule has 0 rings (SSSR count). The normalized spacial score (nSPS) is 15.8. The lowest BCUT2D eigenvalue weighted by atomic mass is 10.1. The summed E-state index contributed by atoms with van der Waals surface area (Å²) in [7, 11) is -1.65. The van der Waals surface area contributed by atoms with Gasteiger partial charge in [0, 0.05) is 0 Å². The van der Waals surface area contributed by atoms with E-state index in [2.05, 4.69) is 25.7 Å². The summed E-state index contributed by atoms with van der Waals surface area (Å²) >= 11 is 0. The van der Waals surface area contributed by atoms with Gasteiger partial charge in [-0.15, -0.1) is 0 Å². The molecule has 0 fully saturated rings. The molecule has 0 aromatic heterocycles. The number of allylic oxidation sites excluding steroid dienone is 1. The molecule has 1 atom stereocenters. The molecule has 0 aromatic carbocycles. The predicted octanol–water partition coefficient (Wildman–Crippen LogP) is 3.09. The van der Waals surface area contributed by atoms with Crippen LogP contribution < -0.4 is 0 Å². The Morgan fingerprint density at radius 1 is 1.38 bits per heavy atom. The maximum atomic E-state index is 9.00. The van der Waals surface area contributed by atoms with Gasteiger partial charge < -0.3 is 4.43 Å². The van der Waals surface area contributed by atoms with Crippen LogP contribution in [0.3, 0.4) is 0 Å². The summed E-state index contributed by atoms with van der Waals surface area (Å²) < 4.78 is 5.79. The molecule has 0 bridgehead atoms. The van der Waals surface area contributed by atoms with Crippen molar-refractivity contribution < 1.29 is 4.43 Å². The van der Waals surface area contributed by atoms with Gasteiger partial charge in [-0.2, -0.15) is 5.26 Å². The van der Waals surface area contributed by atoms with Gasteiger partial charge in [-0.1, -0.05) is 5.57 Å². The van der Waals surface area contributed by atoms with Gasteiger partial charge in [-0.05, 0) is 46.5 Å². The van der Waals surface area contributed by atoms with Gasteiger partial charge in [0.1, 0.15) is 6.07 Å². The van der Waals surface area contributed by atoms with E-state index < -0.39 is 13.9 Å². The molecule has 0 spiro atoms. The molecular formula is C10H19NOSi. The van der Waals surface area contributed by atoms with Gasteiger partial charge in [0.05, 0.1) is 0 Å². The number of hydrogen-bond acceptors (Lipinski definition) is 2. The molecule has 0 aliphatic heterocycles. The molecule has 0 aliphatic rings. The fraction of sp³-hybridized carbons (Fsp3) is 0.700. The van der Waals surface area contributed by atoms with Crippen molar-refractivity contribution in [2.24, 2.45) is 0 Å². The van der Waals surface area contributed by atoms with E-state index in [1.165, 1.54) is 0 Å². The van der Waals surface area contributed by atoms with E-state index in [9.17, 15) is 0 Å². The summed E-state index contributed by atoms with van der Waals surface area (Å²) in [4.78, 5) is 0. The van der Waals surface area contributed by atoms with Crippen molar-refractivity contribution in [3.05, 3.63) is 11.6 Å². The Labute approximate surface area is 82.3 Å². The Bertz CT molecular complexity index is 243. The first kappa shape index (κ1) is 12.4. The standard InChI is InChI=1S/C10H19NOSi/c1-9(2)7-10(3,8-11)12-13(4,5)6/h7H,1-6H3. The maximum absolute atomic E-state index is 9.00. The first-order chi connectivity index (χ1) is 5.68. The van der Waals surface area contributed by atoms with Gasteiger partial charge in [-0.3, -0.25) is 0 Å². The molecule has 0 heterocycles. The molecule has 3 heteroatoms. The van der Waals surface area contributed by atoms with Crippen LogP contribution in [-0.4, -0.2) is 13.9 Å². The second-order valence-corrected chi connectivity index (χ2v) is 9.08. The predicted molar refractivity (Wildman–Crippen MR) is 57.9 cm³/mol. The topological polar surface area (TPSA) is 33.0 Å². The highest BCUT2D eigenvalue weighted by Gasteiger charge is 2.29. The third kappa shape index (κ3) is 5.62. The summed E-state index contributed by atoms with van der Waals surface area (Å²) in [6.45, 7) is 12.0. The summed E-state index contributed by atoms with van der Waals surface area (Å²) in [6, 6.07) is 2.20. The quantitative estimate of drug-likeness (QED) is 0.514. The molecule has 0 aromatic rings. The van der Waals surface area contributed by atoms with E-state index in [-0.39, 0.29) is 0 Å². The number of nitrogens with zero attached hydrogens (tertiary/aromatic N) is 1. The van der Waals surface area contributed by atoms with Crippen molar-refractivity contribution in [3.63, 3.8) is 0 Å². The zero-order valence-electron chi connectivity index (χ0n) is 9.43. The second kappa shape index (κ2) is 4.08. The Balaban J connectivity index is 4.70. The largest absolute Gasteiger partial charge is 0.397 e. The minimum Gasteiger partial charge on any atom is -0.397 e. The lowest BCUT2D eigenvalue weighted by Crippen LogP contribution is -2.38. The minimum absolute atomic E-state index is 0.747. The van der Waals surface area contributed by atoms with Gasteiger partial charge in [0.25, 0.3) is 0 Å². The molecule has 1 unspecified atom stereocenters. The van der Waals surface area contributed by atoms with E-state index in [4.69, 9.17) is 9.69 Å². The van der Waals surface area contributed by atoms with Gasteiger partial charge in [-0.25, -0.2) is 0 Å². The zero-order valence-corrected chi connectivity index (χ0v) is 10.4. The SMILES string of the molecule is CC(C)=CC(C)(C#N)O[Si](C)(C)C. The van der Waals surface area contributed by atoms with Crippen molar-refractivity contribution in [1.29, 1.82) is 5.26 Å². The van der Waals surface area contributed by atoms with Crippen molar-refractivity contribution in [1.82, 2.24) is 0 Å². The highest BCUT2D eigenvalue weighted by Crippen LogP contribution is 2.19. The highest BCUT2D eigenvalue weighted by molar-refractivity contribution is 6.69. The van der Waals surface area contributed by atoms with Crippen LogP contribution in [0, 0.1) is 11.3 Å². The fourth-order valence-corrected chi connectivity index (χ4v) is 2.65. The number of rotatable bonds is 3. The second-order valence-electron chi connectivity index (χ2n) is 4.65. The number of nitriles is 1. The Hall–Kier alpha value is -0.593. The first-order valence-corrected chi connectivity index (χ1v) is 7.87. The molecule has 0 amide bonds.